The van der Waals surface area contributed by atoms with E-state index in [1.54, 1.807) is 25.1 Å². The average molecular weight is 414 g/mol. The highest BCUT2D eigenvalue weighted by Crippen LogP contribution is 2.20. The second-order valence-electron chi connectivity index (χ2n) is 6.81. The Labute approximate surface area is 177 Å². The zero-order valence-corrected chi connectivity index (χ0v) is 17.6. The number of anilines is 2. The molecule has 1 saturated heterocycles. The number of rotatable bonds is 6. The Kier molecular flexibility index (Phi) is 7.43. The summed E-state index contributed by atoms with van der Waals surface area (Å²) in [4.78, 5) is 14.2. The van der Waals surface area contributed by atoms with Crippen LogP contribution >= 0.6 is 12.2 Å². The van der Waals surface area contributed by atoms with E-state index in [1.807, 2.05) is 6.07 Å². The molecule has 29 heavy (non-hydrogen) atoms. The van der Waals surface area contributed by atoms with Gasteiger partial charge in [-0.25, -0.2) is 4.79 Å². The fourth-order valence-corrected chi connectivity index (χ4v) is 3.48. The molecule has 3 rings (SSSR count). The first kappa shape index (κ1) is 21.1. The Morgan fingerprint density at radius 1 is 1.21 bits per heavy atom. The zero-order chi connectivity index (χ0) is 20.6. The molecule has 1 unspecified atom stereocenters. The lowest BCUT2D eigenvalue weighted by Gasteiger charge is -2.29. The summed E-state index contributed by atoms with van der Waals surface area (Å²) >= 11 is 5.44. The summed E-state index contributed by atoms with van der Waals surface area (Å²) in [5, 5.41) is 6.92. The lowest BCUT2D eigenvalue weighted by molar-refractivity contribution is 0.0526. The second kappa shape index (κ2) is 10.2. The molecule has 1 fully saturated rings. The van der Waals surface area contributed by atoms with Crippen LogP contribution in [0.3, 0.4) is 0 Å². The fourth-order valence-electron chi connectivity index (χ4n) is 3.18. The molecule has 1 heterocycles. The van der Waals surface area contributed by atoms with Crippen LogP contribution in [0.4, 0.5) is 11.4 Å². The van der Waals surface area contributed by atoms with Gasteiger partial charge in [0, 0.05) is 24.5 Å². The van der Waals surface area contributed by atoms with E-state index in [1.165, 1.54) is 5.69 Å². The number of carbonyl (C=O) groups is 1. The van der Waals surface area contributed by atoms with E-state index >= 15 is 0 Å². The van der Waals surface area contributed by atoms with Crippen molar-refractivity contribution in [3.63, 3.8) is 0 Å². The number of hydrogen-bond acceptors (Lipinski definition) is 5. The predicted molar refractivity (Wildman–Crippen MR) is 120 cm³/mol. The van der Waals surface area contributed by atoms with E-state index in [0.717, 1.165) is 37.6 Å². The highest BCUT2D eigenvalue weighted by Gasteiger charge is 2.13. The number of morpholine rings is 1. The van der Waals surface area contributed by atoms with Gasteiger partial charge in [0.25, 0.3) is 0 Å². The Hall–Kier alpha value is -2.64. The summed E-state index contributed by atoms with van der Waals surface area (Å²) in [7, 11) is 0. The zero-order valence-electron chi connectivity index (χ0n) is 16.8. The van der Waals surface area contributed by atoms with Crippen molar-refractivity contribution in [2.45, 2.75) is 19.9 Å². The van der Waals surface area contributed by atoms with E-state index in [0.29, 0.717) is 17.3 Å². The maximum atomic E-state index is 11.9. The molecule has 1 aliphatic rings. The number of hydrogen-bond donors (Lipinski definition) is 2. The summed E-state index contributed by atoms with van der Waals surface area (Å²) in [6.45, 7) is 7.59. The van der Waals surface area contributed by atoms with Crippen LogP contribution in [-0.2, 0) is 9.47 Å². The lowest BCUT2D eigenvalue weighted by Crippen LogP contribution is -2.36. The molecule has 0 aromatic heterocycles. The van der Waals surface area contributed by atoms with Crippen molar-refractivity contribution in [1.29, 1.82) is 0 Å². The quantitative estimate of drug-likeness (QED) is 0.552. The van der Waals surface area contributed by atoms with Crippen LogP contribution in [-0.4, -0.2) is 44.0 Å². The van der Waals surface area contributed by atoms with E-state index in [-0.39, 0.29) is 12.0 Å². The smallest absolute Gasteiger partial charge is 0.338 e. The molecule has 0 radical (unpaired) electrons. The number of thiocarbonyl (C=S) groups is 1. The maximum absolute atomic E-state index is 11.9. The molecule has 1 aliphatic heterocycles. The molecular formula is C22H27N3O3S. The molecule has 2 aromatic carbocycles. The minimum Gasteiger partial charge on any atom is -0.462 e. The molecule has 154 valence electrons. The third-order valence-corrected chi connectivity index (χ3v) is 4.97. The first-order valence-corrected chi connectivity index (χ1v) is 10.2. The third-order valence-electron chi connectivity index (χ3n) is 4.75. The number of carbonyl (C=O) groups excluding carboxylic acids is 1. The van der Waals surface area contributed by atoms with Gasteiger partial charge >= 0.3 is 5.97 Å². The van der Waals surface area contributed by atoms with Gasteiger partial charge in [-0.15, -0.1) is 0 Å². The van der Waals surface area contributed by atoms with Crippen molar-refractivity contribution >= 4 is 34.7 Å². The topological polar surface area (TPSA) is 62.8 Å². The van der Waals surface area contributed by atoms with Gasteiger partial charge < -0.3 is 25.0 Å². The largest absolute Gasteiger partial charge is 0.462 e. The lowest BCUT2D eigenvalue weighted by atomic mass is 10.1. The van der Waals surface area contributed by atoms with Gasteiger partial charge in [0.1, 0.15) is 0 Å². The van der Waals surface area contributed by atoms with E-state index in [4.69, 9.17) is 21.7 Å². The fraction of sp³-hybridized carbons (Fsp3) is 0.364. The minimum atomic E-state index is -0.344. The summed E-state index contributed by atoms with van der Waals surface area (Å²) in [5.74, 6) is -0.344. The molecule has 2 N–H and O–H groups in total. The molecule has 0 amide bonds. The van der Waals surface area contributed by atoms with Crippen molar-refractivity contribution < 1.29 is 14.3 Å². The third kappa shape index (κ3) is 5.92. The van der Waals surface area contributed by atoms with Gasteiger partial charge in [-0.1, -0.05) is 18.2 Å². The highest BCUT2D eigenvalue weighted by molar-refractivity contribution is 7.80. The van der Waals surface area contributed by atoms with E-state index < -0.39 is 0 Å². The van der Waals surface area contributed by atoms with E-state index in [2.05, 4.69) is 46.7 Å². The van der Waals surface area contributed by atoms with Crippen LogP contribution in [0.2, 0.25) is 0 Å². The van der Waals surface area contributed by atoms with E-state index in [9.17, 15) is 4.79 Å². The monoisotopic (exact) mass is 413 g/mol. The Morgan fingerprint density at radius 3 is 2.62 bits per heavy atom. The summed E-state index contributed by atoms with van der Waals surface area (Å²) < 4.78 is 10.4. The van der Waals surface area contributed by atoms with Gasteiger partial charge in [0.15, 0.2) is 5.11 Å². The second-order valence-corrected chi connectivity index (χ2v) is 7.22. The van der Waals surface area contributed by atoms with Crippen molar-refractivity contribution in [2.75, 3.05) is 43.1 Å². The van der Waals surface area contributed by atoms with Crippen molar-refractivity contribution in [3.8, 4) is 0 Å². The maximum Gasteiger partial charge on any atom is 0.338 e. The highest BCUT2D eigenvalue weighted by atomic mass is 32.1. The van der Waals surface area contributed by atoms with Crippen molar-refractivity contribution in [2.24, 2.45) is 0 Å². The number of nitrogens with one attached hydrogen (secondary N) is 2. The standard InChI is InChI=1S/C22H27N3O3S/c1-3-28-21(26)18-5-4-6-19(15-18)24-22(29)23-16(2)17-7-9-20(10-8-17)25-11-13-27-14-12-25/h4-10,15-16H,3,11-14H2,1-2H3,(H2,23,24,29). The molecule has 7 heteroatoms. The molecule has 1 atom stereocenters. The Bertz CT molecular complexity index is 835. The number of ether oxygens (including phenoxy) is 2. The van der Waals surface area contributed by atoms with Crippen molar-refractivity contribution in [1.82, 2.24) is 5.32 Å². The Morgan fingerprint density at radius 2 is 1.93 bits per heavy atom. The first-order chi connectivity index (χ1) is 14.1. The number of nitrogens with zero attached hydrogens (tertiary/aromatic N) is 1. The van der Waals surface area contributed by atoms with Crippen LogP contribution in [0, 0.1) is 0 Å². The van der Waals surface area contributed by atoms with Crippen LogP contribution in [0.1, 0.15) is 35.8 Å². The van der Waals surface area contributed by atoms with Crippen LogP contribution < -0.4 is 15.5 Å². The predicted octanol–water partition coefficient (Wildman–Crippen LogP) is 3.75. The average Bonchev–Trinajstić information content (AvgIpc) is 2.75. The summed E-state index contributed by atoms with van der Waals surface area (Å²) in [6.07, 6.45) is 0. The molecule has 0 spiro atoms. The van der Waals surface area contributed by atoms with Crippen LogP contribution in [0.5, 0.6) is 0 Å². The summed E-state index contributed by atoms with van der Waals surface area (Å²) in [5.41, 5.74) is 3.58. The first-order valence-electron chi connectivity index (χ1n) is 9.84. The molecular weight excluding hydrogens is 386 g/mol. The Balaban J connectivity index is 1.56. The number of esters is 1. The molecule has 6 nitrogen and oxygen atoms in total. The summed E-state index contributed by atoms with van der Waals surface area (Å²) in [6, 6.07) is 15.7. The molecule has 0 aliphatic carbocycles. The van der Waals surface area contributed by atoms with Crippen molar-refractivity contribution in [3.05, 3.63) is 59.7 Å². The SMILES string of the molecule is CCOC(=O)c1cccc(NC(=S)NC(C)c2ccc(N3CCOCC3)cc2)c1. The van der Waals surface area contributed by atoms with Crippen LogP contribution in [0.25, 0.3) is 0 Å². The van der Waals surface area contributed by atoms with Gasteiger partial charge in [-0.05, 0) is 62.0 Å². The van der Waals surface area contributed by atoms with Crippen LogP contribution in [0.15, 0.2) is 48.5 Å². The minimum absolute atomic E-state index is 0.0435. The molecule has 0 bridgehead atoms. The van der Waals surface area contributed by atoms with Gasteiger partial charge in [-0.3, -0.25) is 0 Å². The van der Waals surface area contributed by atoms with Gasteiger partial charge in [-0.2, -0.15) is 0 Å². The van der Waals surface area contributed by atoms with Gasteiger partial charge in [0.2, 0.25) is 0 Å². The van der Waals surface area contributed by atoms with Gasteiger partial charge in [0.05, 0.1) is 31.4 Å². The molecule has 2 aromatic rings. The number of benzene rings is 2. The normalized spacial score (nSPS) is 14.8. The molecule has 0 saturated carbocycles.